The summed E-state index contributed by atoms with van der Waals surface area (Å²) in [4.78, 5) is 26.5. The van der Waals surface area contributed by atoms with Crippen molar-refractivity contribution >= 4 is 17.5 Å². The first-order valence-electron chi connectivity index (χ1n) is 8.98. The molecule has 1 aromatic carbocycles. The van der Waals surface area contributed by atoms with Crippen molar-refractivity contribution in [2.45, 2.75) is 26.3 Å². The molecule has 25 heavy (non-hydrogen) atoms. The minimum absolute atomic E-state index is 0.0698. The van der Waals surface area contributed by atoms with Crippen molar-refractivity contribution in [3.8, 4) is 0 Å². The van der Waals surface area contributed by atoms with Crippen LogP contribution in [0.4, 0.5) is 10.1 Å². The molecule has 2 amide bonds. The third kappa shape index (κ3) is 6.80. The average molecular weight is 352 g/mol. The van der Waals surface area contributed by atoms with E-state index in [2.05, 4.69) is 17.6 Å². The van der Waals surface area contributed by atoms with Gasteiger partial charge in [-0.1, -0.05) is 6.92 Å². The molecular formula is C18H29FN4O2+2. The fraction of sp³-hybridized carbons (Fsp3) is 0.556. The Kier molecular flexibility index (Phi) is 7.33. The molecule has 1 heterocycles. The van der Waals surface area contributed by atoms with Crippen LogP contribution in [0.25, 0.3) is 0 Å². The van der Waals surface area contributed by atoms with Crippen LogP contribution < -0.4 is 20.4 Å². The summed E-state index contributed by atoms with van der Waals surface area (Å²) in [6.45, 7) is 8.45. The van der Waals surface area contributed by atoms with Gasteiger partial charge in [0.2, 0.25) is 0 Å². The molecule has 2 rings (SSSR count). The number of amides is 2. The fourth-order valence-corrected chi connectivity index (χ4v) is 2.93. The first-order valence-corrected chi connectivity index (χ1v) is 8.98. The molecule has 0 aromatic heterocycles. The molecule has 4 N–H and O–H groups in total. The molecule has 0 spiro atoms. The van der Waals surface area contributed by atoms with E-state index in [0.29, 0.717) is 18.8 Å². The number of benzene rings is 1. The number of nitrogens with one attached hydrogen (secondary N) is 4. The molecule has 1 aliphatic heterocycles. The molecule has 7 heteroatoms. The van der Waals surface area contributed by atoms with Crippen molar-refractivity contribution in [2.24, 2.45) is 0 Å². The lowest BCUT2D eigenvalue weighted by Gasteiger charge is -2.29. The predicted octanol–water partition coefficient (Wildman–Crippen LogP) is -1.54. The van der Waals surface area contributed by atoms with E-state index in [0.717, 1.165) is 32.6 Å². The third-order valence-corrected chi connectivity index (χ3v) is 4.63. The highest BCUT2D eigenvalue weighted by molar-refractivity contribution is 5.91. The van der Waals surface area contributed by atoms with Crippen LogP contribution in [0.1, 0.15) is 20.3 Å². The summed E-state index contributed by atoms with van der Waals surface area (Å²) in [7, 11) is 0. The highest BCUT2D eigenvalue weighted by Gasteiger charge is 2.26. The van der Waals surface area contributed by atoms with E-state index in [4.69, 9.17) is 0 Å². The van der Waals surface area contributed by atoms with Gasteiger partial charge in [-0.15, -0.1) is 0 Å². The fourth-order valence-electron chi connectivity index (χ4n) is 2.93. The maximum absolute atomic E-state index is 12.9. The topological polar surface area (TPSA) is 67.1 Å². The molecule has 138 valence electrons. The van der Waals surface area contributed by atoms with Gasteiger partial charge >= 0.3 is 0 Å². The molecule has 0 aliphatic carbocycles. The van der Waals surface area contributed by atoms with E-state index in [1.807, 2.05) is 6.92 Å². The second-order valence-electron chi connectivity index (χ2n) is 6.79. The number of halogens is 1. The average Bonchev–Trinajstić information content (AvgIpc) is 2.58. The molecule has 1 atom stereocenters. The van der Waals surface area contributed by atoms with Gasteiger partial charge < -0.3 is 20.4 Å². The Hall–Kier alpha value is -1.99. The van der Waals surface area contributed by atoms with Gasteiger partial charge in [0.05, 0.1) is 0 Å². The molecule has 0 radical (unpaired) electrons. The van der Waals surface area contributed by atoms with Crippen molar-refractivity contribution < 1.29 is 23.8 Å². The molecular weight excluding hydrogens is 323 g/mol. The van der Waals surface area contributed by atoms with Crippen molar-refractivity contribution in [3.63, 3.8) is 0 Å². The Bertz CT molecular complexity index is 571. The maximum atomic E-state index is 12.9. The Morgan fingerprint density at radius 2 is 1.56 bits per heavy atom. The molecule has 1 fully saturated rings. The second kappa shape index (κ2) is 9.48. The normalized spacial score (nSPS) is 21.4. The summed E-state index contributed by atoms with van der Waals surface area (Å²) in [5.41, 5.74) is 0.608. The van der Waals surface area contributed by atoms with Crippen LogP contribution in [0, 0.1) is 5.82 Å². The molecule has 0 bridgehead atoms. The molecule has 0 saturated carbocycles. The van der Waals surface area contributed by atoms with E-state index < -0.39 is 0 Å². The van der Waals surface area contributed by atoms with Crippen LogP contribution in [0.3, 0.4) is 0 Å². The molecule has 6 nitrogen and oxygen atoms in total. The molecule has 0 unspecified atom stereocenters. The number of carbonyl (C=O) groups excluding carboxylic acids is 2. The van der Waals surface area contributed by atoms with Gasteiger partial charge in [0.1, 0.15) is 32.0 Å². The van der Waals surface area contributed by atoms with Crippen LogP contribution in [-0.4, -0.2) is 57.1 Å². The van der Waals surface area contributed by atoms with E-state index in [9.17, 15) is 14.0 Å². The molecule has 1 saturated heterocycles. The summed E-state index contributed by atoms with van der Waals surface area (Å²) >= 11 is 0. The summed E-state index contributed by atoms with van der Waals surface area (Å²) in [6.07, 6.45) is 0.933. The maximum Gasteiger partial charge on any atom is 0.279 e. The lowest BCUT2D eigenvalue weighted by molar-refractivity contribution is -1.00. The van der Waals surface area contributed by atoms with E-state index in [1.54, 1.807) is 12.1 Å². The van der Waals surface area contributed by atoms with Crippen LogP contribution in [0.2, 0.25) is 0 Å². The standard InChI is InChI=1S/C18H27FN4O2/c1-3-14(2)20-17(24)12-22-8-10-23(11-9-22)13-18(25)21-16-6-4-15(19)5-7-16/h4-7,14H,3,8-13H2,1-2H3,(H,20,24)(H,21,25)/p+2/t14-/m1/s1. The van der Waals surface area contributed by atoms with Gasteiger partial charge in [-0.25, -0.2) is 4.39 Å². The number of anilines is 1. The van der Waals surface area contributed by atoms with Crippen LogP contribution in [-0.2, 0) is 9.59 Å². The van der Waals surface area contributed by atoms with E-state index in [1.165, 1.54) is 21.9 Å². The summed E-state index contributed by atoms with van der Waals surface area (Å²) in [5, 5.41) is 5.78. The Morgan fingerprint density at radius 3 is 2.08 bits per heavy atom. The van der Waals surface area contributed by atoms with Gasteiger partial charge in [-0.05, 0) is 37.6 Å². The third-order valence-electron chi connectivity index (χ3n) is 4.63. The highest BCUT2D eigenvalue weighted by atomic mass is 19.1. The van der Waals surface area contributed by atoms with Gasteiger partial charge in [0.25, 0.3) is 11.8 Å². The summed E-state index contributed by atoms with van der Waals surface area (Å²) in [6, 6.07) is 5.99. The smallest absolute Gasteiger partial charge is 0.279 e. The molecule has 1 aromatic rings. The number of rotatable bonds is 7. The summed E-state index contributed by atoms with van der Waals surface area (Å²) < 4.78 is 12.9. The number of quaternary nitrogens is 2. The lowest BCUT2D eigenvalue weighted by Crippen LogP contribution is -3.28. The Labute approximate surface area is 148 Å². The van der Waals surface area contributed by atoms with Gasteiger partial charge in [0.15, 0.2) is 13.1 Å². The number of hydrogen-bond acceptors (Lipinski definition) is 2. The Balaban J connectivity index is 1.68. The monoisotopic (exact) mass is 352 g/mol. The number of piperazine rings is 1. The van der Waals surface area contributed by atoms with Gasteiger partial charge in [-0.2, -0.15) is 0 Å². The predicted molar refractivity (Wildman–Crippen MR) is 94.1 cm³/mol. The zero-order valence-electron chi connectivity index (χ0n) is 15.0. The van der Waals surface area contributed by atoms with Crippen LogP contribution in [0.5, 0.6) is 0 Å². The minimum Gasteiger partial charge on any atom is -0.349 e. The van der Waals surface area contributed by atoms with Gasteiger partial charge in [0, 0.05) is 11.7 Å². The molecule has 1 aliphatic rings. The SMILES string of the molecule is CC[C@@H](C)NC(=O)C[NH+]1CC[NH+](CC(=O)Nc2ccc(F)cc2)CC1. The lowest BCUT2D eigenvalue weighted by atomic mass is 10.2. The minimum atomic E-state index is -0.319. The number of hydrogen-bond donors (Lipinski definition) is 4. The zero-order chi connectivity index (χ0) is 18.2. The largest absolute Gasteiger partial charge is 0.349 e. The van der Waals surface area contributed by atoms with Crippen molar-refractivity contribution in [1.29, 1.82) is 0 Å². The first kappa shape index (κ1) is 19.3. The second-order valence-corrected chi connectivity index (χ2v) is 6.79. The van der Waals surface area contributed by atoms with E-state index in [-0.39, 0.29) is 23.7 Å². The number of carbonyl (C=O) groups is 2. The summed E-state index contributed by atoms with van der Waals surface area (Å²) in [5.74, 6) is -0.290. The Morgan fingerprint density at radius 1 is 1.04 bits per heavy atom. The first-order chi connectivity index (χ1) is 12.0. The highest BCUT2D eigenvalue weighted by Crippen LogP contribution is 2.07. The quantitative estimate of drug-likeness (QED) is 0.481. The van der Waals surface area contributed by atoms with Crippen molar-refractivity contribution in [2.75, 3.05) is 44.6 Å². The van der Waals surface area contributed by atoms with Crippen molar-refractivity contribution in [3.05, 3.63) is 30.1 Å². The van der Waals surface area contributed by atoms with Crippen LogP contribution >= 0.6 is 0 Å². The van der Waals surface area contributed by atoms with Gasteiger partial charge in [-0.3, -0.25) is 9.59 Å². The van der Waals surface area contributed by atoms with Crippen LogP contribution in [0.15, 0.2) is 24.3 Å². The van der Waals surface area contributed by atoms with Crippen molar-refractivity contribution in [1.82, 2.24) is 5.32 Å². The van der Waals surface area contributed by atoms with E-state index >= 15 is 0 Å². The zero-order valence-corrected chi connectivity index (χ0v) is 15.0.